The molecular formula is C18H19ClN2O. The second kappa shape index (κ2) is 6.84. The van der Waals surface area contributed by atoms with Crippen molar-refractivity contribution in [3.8, 4) is 0 Å². The Morgan fingerprint density at radius 2 is 1.73 bits per heavy atom. The van der Waals surface area contributed by atoms with Gasteiger partial charge in [0, 0.05) is 17.6 Å². The Morgan fingerprint density at radius 1 is 1.05 bits per heavy atom. The summed E-state index contributed by atoms with van der Waals surface area (Å²) in [5, 5.41) is 6.68. The molecule has 0 bridgehead atoms. The molecule has 1 aliphatic carbocycles. The van der Waals surface area contributed by atoms with Gasteiger partial charge in [0.25, 0.3) is 0 Å². The van der Waals surface area contributed by atoms with Gasteiger partial charge in [0.15, 0.2) is 0 Å². The molecule has 0 unspecified atom stereocenters. The minimum atomic E-state index is -0.0941. The standard InChI is InChI=1S/C18H19ClN2O/c19-16-8-6-14(7-9-16)15-10-17(11-15)21-18(22)20-12-13-4-2-1-3-5-13/h1-9,15,17H,10-12H2,(H2,20,21,22). The van der Waals surface area contributed by atoms with Gasteiger partial charge in [0.05, 0.1) is 0 Å². The number of benzene rings is 2. The maximum atomic E-state index is 11.9. The van der Waals surface area contributed by atoms with Crippen LogP contribution in [0.15, 0.2) is 54.6 Å². The number of rotatable bonds is 4. The van der Waals surface area contributed by atoms with E-state index in [4.69, 9.17) is 11.6 Å². The first-order valence-electron chi connectivity index (χ1n) is 7.54. The molecule has 2 amide bonds. The monoisotopic (exact) mass is 314 g/mol. The molecule has 22 heavy (non-hydrogen) atoms. The van der Waals surface area contributed by atoms with Gasteiger partial charge in [0.2, 0.25) is 0 Å². The fourth-order valence-corrected chi connectivity index (χ4v) is 2.88. The Labute approximate surface area is 135 Å². The highest BCUT2D eigenvalue weighted by Gasteiger charge is 2.31. The van der Waals surface area contributed by atoms with Crippen molar-refractivity contribution in [3.63, 3.8) is 0 Å². The summed E-state index contributed by atoms with van der Waals surface area (Å²) in [5.41, 5.74) is 2.40. The minimum absolute atomic E-state index is 0.0941. The van der Waals surface area contributed by atoms with E-state index in [0.29, 0.717) is 12.5 Å². The molecule has 2 aromatic rings. The number of hydrogen-bond donors (Lipinski definition) is 2. The van der Waals surface area contributed by atoms with Crippen LogP contribution in [0, 0.1) is 0 Å². The Hall–Kier alpha value is -2.00. The van der Waals surface area contributed by atoms with Crippen molar-refractivity contribution >= 4 is 17.6 Å². The summed E-state index contributed by atoms with van der Waals surface area (Å²) in [6, 6.07) is 18.1. The van der Waals surface area contributed by atoms with Crippen LogP contribution in [0.25, 0.3) is 0 Å². The van der Waals surface area contributed by atoms with E-state index >= 15 is 0 Å². The fraction of sp³-hybridized carbons (Fsp3) is 0.278. The first-order valence-corrected chi connectivity index (χ1v) is 7.92. The third-order valence-electron chi connectivity index (χ3n) is 4.11. The lowest BCUT2D eigenvalue weighted by molar-refractivity contribution is 0.222. The summed E-state index contributed by atoms with van der Waals surface area (Å²) in [7, 11) is 0. The van der Waals surface area contributed by atoms with Gasteiger partial charge in [-0.3, -0.25) is 0 Å². The predicted molar refractivity (Wildman–Crippen MR) is 89.0 cm³/mol. The van der Waals surface area contributed by atoms with Gasteiger partial charge in [0.1, 0.15) is 0 Å². The number of urea groups is 1. The number of hydrogen-bond acceptors (Lipinski definition) is 1. The average Bonchev–Trinajstić information content (AvgIpc) is 2.51. The summed E-state index contributed by atoms with van der Waals surface area (Å²) in [4.78, 5) is 11.9. The van der Waals surface area contributed by atoms with Crippen molar-refractivity contribution in [2.45, 2.75) is 31.3 Å². The average molecular weight is 315 g/mol. The first-order chi connectivity index (χ1) is 10.7. The van der Waals surface area contributed by atoms with Crippen LogP contribution in [0.2, 0.25) is 5.02 Å². The van der Waals surface area contributed by atoms with E-state index < -0.39 is 0 Å². The van der Waals surface area contributed by atoms with Crippen LogP contribution < -0.4 is 10.6 Å². The first kappa shape index (κ1) is 14.9. The summed E-state index contributed by atoms with van der Waals surface area (Å²) < 4.78 is 0. The van der Waals surface area contributed by atoms with E-state index in [1.54, 1.807) is 0 Å². The lowest BCUT2D eigenvalue weighted by Gasteiger charge is -2.36. The molecule has 0 spiro atoms. The molecule has 3 nitrogen and oxygen atoms in total. The highest BCUT2D eigenvalue weighted by molar-refractivity contribution is 6.30. The van der Waals surface area contributed by atoms with Crippen LogP contribution in [0.5, 0.6) is 0 Å². The van der Waals surface area contributed by atoms with Gasteiger partial charge in [-0.25, -0.2) is 4.79 Å². The largest absolute Gasteiger partial charge is 0.335 e. The van der Waals surface area contributed by atoms with Gasteiger partial charge in [-0.05, 0) is 42.0 Å². The Morgan fingerprint density at radius 3 is 2.41 bits per heavy atom. The van der Waals surface area contributed by atoms with Crippen LogP contribution in [0.4, 0.5) is 4.79 Å². The van der Waals surface area contributed by atoms with Crippen molar-refractivity contribution in [2.24, 2.45) is 0 Å². The molecule has 0 aliphatic heterocycles. The Bertz CT molecular complexity index is 621. The number of carbonyl (C=O) groups is 1. The zero-order valence-corrected chi connectivity index (χ0v) is 13.0. The molecule has 1 fully saturated rings. The van der Waals surface area contributed by atoms with Crippen molar-refractivity contribution in [3.05, 3.63) is 70.7 Å². The summed E-state index contributed by atoms with van der Waals surface area (Å²) in [5.74, 6) is 0.525. The van der Waals surface area contributed by atoms with Gasteiger partial charge in [-0.15, -0.1) is 0 Å². The van der Waals surface area contributed by atoms with E-state index in [-0.39, 0.29) is 12.1 Å². The van der Waals surface area contributed by atoms with Crippen LogP contribution in [-0.2, 0) is 6.54 Å². The molecular weight excluding hydrogens is 296 g/mol. The van der Waals surface area contributed by atoms with Crippen LogP contribution >= 0.6 is 11.6 Å². The number of halogens is 1. The van der Waals surface area contributed by atoms with E-state index in [2.05, 4.69) is 22.8 Å². The van der Waals surface area contributed by atoms with Crippen molar-refractivity contribution in [1.82, 2.24) is 10.6 Å². The maximum absolute atomic E-state index is 11.9. The van der Waals surface area contributed by atoms with Gasteiger partial charge >= 0.3 is 6.03 Å². The second-order valence-electron chi connectivity index (χ2n) is 5.73. The number of nitrogens with one attached hydrogen (secondary N) is 2. The van der Waals surface area contributed by atoms with Gasteiger partial charge in [-0.1, -0.05) is 54.1 Å². The number of carbonyl (C=O) groups excluding carboxylic acids is 1. The van der Waals surface area contributed by atoms with E-state index in [0.717, 1.165) is 23.4 Å². The van der Waals surface area contributed by atoms with Crippen molar-refractivity contribution in [1.29, 1.82) is 0 Å². The van der Waals surface area contributed by atoms with Crippen LogP contribution in [0.1, 0.15) is 29.9 Å². The second-order valence-corrected chi connectivity index (χ2v) is 6.17. The quantitative estimate of drug-likeness (QED) is 0.877. The van der Waals surface area contributed by atoms with E-state index in [1.165, 1.54) is 5.56 Å². The molecule has 1 saturated carbocycles. The van der Waals surface area contributed by atoms with Gasteiger partial charge in [-0.2, -0.15) is 0 Å². The zero-order valence-electron chi connectivity index (χ0n) is 12.3. The number of amides is 2. The molecule has 0 radical (unpaired) electrons. The zero-order chi connectivity index (χ0) is 15.4. The summed E-state index contributed by atoms with van der Waals surface area (Å²) in [6.45, 7) is 0.556. The third kappa shape index (κ3) is 3.80. The predicted octanol–water partition coefficient (Wildman–Crippen LogP) is 4.09. The smallest absolute Gasteiger partial charge is 0.315 e. The van der Waals surface area contributed by atoms with Crippen molar-refractivity contribution in [2.75, 3.05) is 0 Å². The molecule has 114 valence electrons. The molecule has 3 rings (SSSR count). The van der Waals surface area contributed by atoms with E-state index in [1.807, 2.05) is 42.5 Å². The normalized spacial score (nSPS) is 20.0. The van der Waals surface area contributed by atoms with Gasteiger partial charge < -0.3 is 10.6 Å². The lowest BCUT2D eigenvalue weighted by Crippen LogP contribution is -2.47. The highest BCUT2D eigenvalue weighted by atomic mass is 35.5. The SMILES string of the molecule is O=C(NCc1ccccc1)NC1CC(c2ccc(Cl)cc2)C1. The molecule has 1 aliphatic rings. The molecule has 4 heteroatoms. The topological polar surface area (TPSA) is 41.1 Å². The molecule has 0 atom stereocenters. The maximum Gasteiger partial charge on any atom is 0.315 e. The molecule has 2 aromatic carbocycles. The van der Waals surface area contributed by atoms with E-state index in [9.17, 15) is 4.79 Å². The Balaban J connectivity index is 1.40. The van der Waals surface area contributed by atoms with Crippen molar-refractivity contribution < 1.29 is 4.79 Å². The van der Waals surface area contributed by atoms with Crippen LogP contribution in [0.3, 0.4) is 0 Å². The summed E-state index contributed by atoms with van der Waals surface area (Å²) in [6.07, 6.45) is 1.97. The Kier molecular flexibility index (Phi) is 4.64. The molecule has 2 N–H and O–H groups in total. The summed E-state index contributed by atoms with van der Waals surface area (Å²) >= 11 is 5.90. The minimum Gasteiger partial charge on any atom is -0.335 e. The lowest BCUT2D eigenvalue weighted by atomic mass is 9.76. The third-order valence-corrected chi connectivity index (χ3v) is 4.36. The molecule has 0 saturated heterocycles. The highest BCUT2D eigenvalue weighted by Crippen LogP contribution is 2.37. The molecule has 0 aromatic heterocycles. The fourth-order valence-electron chi connectivity index (χ4n) is 2.76. The molecule has 0 heterocycles. The van der Waals surface area contributed by atoms with Crippen LogP contribution in [-0.4, -0.2) is 12.1 Å².